The number of aromatic nitrogens is 2. The molecule has 1 atom stereocenters. The Labute approximate surface area is 150 Å². The second-order valence-corrected chi connectivity index (χ2v) is 7.66. The lowest BCUT2D eigenvalue weighted by atomic mass is 9.96. The summed E-state index contributed by atoms with van der Waals surface area (Å²) in [5, 5.41) is 0. The zero-order valence-corrected chi connectivity index (χ0v) is 15.4. The lowest BCUT2D eigenvalue weighted by Crippen LogP contribution is -2.37. The van der Waals surface area contributed by atoms with Crippen LogP contribution in [0.5, 0.6) is 0 Å². The first-order chi connectivity index (χ1) is 12.1. The van der Waals surface area contributed by atoms with E-state index in [4.69, 9.17) is 5.73 Å². The highest BCUT2D eigenvalue weighted by Gasteiger charge is 2.30. The molecule has 2 N–H and O–H groups in total. The molecule has 6 heteroatoms. The summed E-state index contributed by atoms with van der Waals surface area (Å²) in [5.74, 6) is 2.20. The summed E-state index contributed by atoms with van der Waals surface area (Å²) in [7, 11) is 2.08. The van der Waals surface area contributed by atoms with Gasteiger partial charge in [-0.2, -0.15) is 0 Å². The van der Waals surface area contributed by atoms with Crippen LogP contribution in [0.15, 0.2) is 12.3 Å². The van der Waals surface area contributed by atoms with E-state index in [1.54, 1.807) is 12.3 Å². The average Bonchev–Trinajstić information content (AvgIpc) is 2.95. The third-order valence-corrected chi connectivity index (χ3v) is 5.70. The van der Waals surface area contributed by atoms with E-state index in [1.165, 1.54) is 38.5 Å². The zero-order chi connectivity index (χ0) is 17.6. The summed E-state index contributed by atoms with van der Waals surface area (Å²) in [6.45, 7) is 2.36. The lowest BCUT2D eigenvalue weighted by Gasteiger charge is -2.24. The monoisotopic (exact) mass is 345 g/mol. The second-order valence-electron chi connectivity index (χ2n) is 7.66. The van der Waals surface area contributed by atoms with Crippen LogP contribution >= 0.6 is 0 Å². The van der Waals surface area contributed by atoms with Crippen LogP contribution in [0.4, 0.5) is 5.82 Å². The molecule has 1 amide bonds. The van der Waals surface area contributed by atoms with Crippen LogP contribution in [0.1, 0.15) is 57.2 Å². The van der Waals surface area contributed by atoms with Crippen molar-refractivity contribution < 1.29 is 4.79 Å². The van der Waals surface area contributed by atoms with Gasteiger partial charge in [-0.1, -0.05) is 25.7 Å². The molecule has 1 saturated heterocycles. The van der Waals surface area contributed by atoms with Gasteiger partial charge in [0.05, 0.1) is 6.54 Å². The standard InChI is InChI=1S/C19H31N5O/c1-23(14-18-21-10-8-17(20)22-18)16-9-11-24(13-16)19(25)12-15-6-4-2-3-5-7-15/h8,10,15-16H,2-7,9,11-14H2,1H3,(H2,20,21,22)/t16-/m0/s1. The Balaban J connectivity index is 1.47. The Kier molecular flexibility index (Phi) is 6.24. The highest BCUT2D eigenvalue weighted by atomic mass is 16.2. The number of nitrogens with zero attached hydrogens (tertiary/aromatic N) is 4. The van der Waals surface area contributed by atoms with E-state index >= 15 is 0 Å². The van der Waals surface area contributed by atoms with E-state index in [-0.39, 0.29) is 0 Å². The first-order valence-corrected chi connectivity index (χ1v) is 9.67. The molecule has 0 unspecified atom stereocenters. The molecular formula is C19H31N5O. The molecule has 0 radical (unpaired) electrons. The predicted octanol–water partition coefficient (Wildman–Crippen LogP) is 2.45. The minimum atomic E-state index is 0.350. The van der Waals surface area contributed by atoms with Crippen LogP contribution < -0.4 is 5.73 Å². The van der Waals surface area contributed by atoms with Crippen molar-refractivity contribution in [2.75, 3.05) is 25.9 Å². The number of amides is 1. The van der Waals surface area contributed by atoms with Gasteiger partial charge < -0.3 is 10.6 Å². The quantitative estimate of drug-likeness (QED) is 0.830. The topological polar surface area (TPSA) is 75.4 Å². The summed E-state index contributed by atoms with van der Waals surface area (Å²) in [6, 6.07) is 2.08. The number of carbonyl (C=O) groups excluding carboxylic acids is 1. The Morgan fingerprint density at radius 3 is 2.76 bits per heavy atom. The Morgan fingerprint density at radius 1 is 1.28 bits per heavy atom. The molecule has 0 spiro atoms. The maximum atomic E-state index is 12.7. The fourth-order valence-corrected chi connectivity index (χ4v) is 4.12. The fraction of sp³-hybridized carbons (Fsp3) is 0.737. The Morgan fingerprint density at radius 2 is 2.04 bits per heavy atom. The van der Waals surface area contributed by atoms with Crippen molar-refractivity contribution in [2.24, 2.45) is 5.92 Å². The number of likely N-dealkylation sites (N-methyl/N-ethyl adjacent to an activating group) is 1. The van der Waals surface area contributed by atoms with Gasteiger partial charge in [0.25, 0.3) is 0 Å². The van der Waals surface area contributed by atoms with E-state index in [1.807, 2.05) is 0 Å². The predicted molar refractivity (Wildman–Crippen MR) is 98.7 cm³/mol. The highest BCUT2D eigenvalue weighted by Crippen LogP contribution is 2.27. The van der Waals surface area contributed by atoms with Crippen molar-refractivity contribution in [2.45, 2.75) is 64.0 Å². The van der Waals surface area contributed by atoms with Gasteiger partial charge in [0.15, 0.2) is 0 Å². The van der Waals surface area contributed by atoms with E-state index in [9.17, 15) is 4.79 Å². The zero-order valence-electron chi connectivity index (χ0n) is 15.4. The molecule has 138 valence electrons. The summed E-state index contributed by atoms with van der Waals surface area (Å²) in [6.07, 6.45) is 11.2. The number of rotatable bonds is 5. The van der Waals surface area contributed by atoms with Gasteiger partial charge in [-0.05, 0) is 38.3 Å². The number of likely N-dealkylation sites (tertiary alicyclic amines) is 1. The molecule has 25 heavy (non-hydrogen) atoms. The molecule has 2 heterocycles. The molecule has 1 aromatic heterocycles. The summed E-state index contributed by atoms with van der Waals surface area (Å²) in [4.78, 5) is 25.5. The van der Waals surface area contributed by atoms with Crippen LogP contribution in [-0.4, -0.2) is 51.9 Å². The molecule has 1 saturated carbocycles. The van der Waals surface area contributed by atoms with E-state index in [2.05, 4.69) is 26.8 Å². The minimum absolute atomic E-state index is 0.350. The summed E-state index contributed by atoms with van der Waals surface area (Å²) >= 11 is 0. The maximum absolute atomic E-state index is 12.7. The molecule has 3 rings (SSSR count). The van der Waals surface area contributed by atoms with Crippen LogP contribution in [0.2, 0.25) is 0 Å². The molecule has 1 aliphatic carbocycles. The minimum Gasteiger partial charge on any atom is -0.384 e. The van der Waals surface area contributed by atoms with Gasteiger partial charge in [0, 0.05) is 31.7 Å². The van der Waals surface area contributed by atoms with Crippen molar-refractivity contribution in [3.63, 3.8) is 0 Å². The van der Waals surface area contributed by atoms with Crippen LogP contribution in [0.3, 0.4) is 0 Å². The first-order valence-electron chi connectivity index (χ1n) is 9.67. The normalized spacial score (nSPS) is 22.3. The molecular weight excluding hydrogens is 314 g/mol. The second kappa shape index (κ2) is 8.61. The highest BCUT2D eigenvalue weighted by molar-refractivity contribution is 5.76. The molecule has 0 bridgehead atoms. The third-order valence-electron chi connectivity index (χ3n) is 5.70. The fourth-order valence-electron chi connectivity index (χ4n) is 4.12. The number of nitrogens with two attached hydrogens (primary N) is 1. The van der Waals surface area contributed by atoms with E-state index < -0.39 is 0 Å². The van der Waals surface area contributed by atoms with Gasteiger partial charge in [0.2, 0.25) is 5.91 Å². The molecule has 1 aromatic rings. The SMILES string of the molecule is CN(Cc1nccc(N)n1)[C@H]1CCN(C(=O)CC2CCCCCC2)C1. The number of nitrogen functional groups attached to an aromatic ring is 1. The van der Waals surface area contributed by atoms with Crippen molar-refractivity contribution in [1.82, 2.24) is 19.8 Å². The van der Waals surface area contributed by atoms with Gasteiger partial charge in [-0.25, -0.2) is 9.97 Å². The first kappa shape index (κ1) is 18.1. The van der Waals surface area contributed by atoms with Crippen molar-refractivity contribution in [3.05, 3.63) is 18.1 Å². The summed E-state index contributed by atoms with van der Waals surface area (Å²) in [5.41, 5.74) is 5.73. The largest absolute Gasteiger partial charge is 0.384 e. The smallest absolute Gasteiger partial charge is 0.222 e. The van der Waals surface area contributed by atoms with Gasteiger partial charge in [0.1, 0.15) is 11.6 Å². The number of anilines is 1. The average molecular weight is 345 g/mol. The molecule has 2 aliphatic rings. The third kappa shape index (κ3) is 5.14. The number of hydrogen-bond acceptors (Lipinski definition) is 5. The van der Waals surface area contributed by atoms with E-state index in [0.29, 0.717) is 30.2 Å². The van der Waals surface area contributed by atoms with Gasteiger partial charge in [-0.15, -0.1) is 0 Å². The van der Waals surface area contributed by atoms with E-state index in [0.717, 1.165) is 31.8 Å². The van der Waals surface area contributed by atoms with Crippen LogP contribution in [-0.2, 0) is 11.3 Å². The number of carbonyl (C=O) groups is 1. The van der Waals surface area contributed by atoms with Gasteiger partial charge >= 0.3 is 0 Å². The molecule has 6 nitrogen and oxygen atoms in total. The van der Waals surface area contributed by atoms with Crippen LogP contribution in [0, 0.1) is 5.92 Å². The van der Waals surface area contributed by atoms with Crippen LogP contribution in [0.25, 0.3) is 0 Å². The summed E-state index contributed by atoms with van der Waals surface area (Å²) < 4.78 is 0. The number of hydrogen-bond donors (Lipinski definition) is 1. The van der Waals surface area contributed by atoms with Crippen molar-refractivity contribution in [1.29, 1.82) is 0 Å². The lowest BCUT2D eigenvalue weighted by molar-refractivity contribution is -0.131. The Bertz CT molecular complexity index is 571. The van der Waals surface area contributed by atoms with Crippen molar-refractivity contribution >= 4 is 11.7 Å². The maximum Gasteiger partial charge on any atom is 0.222 e. The van der Waals surface area contributed by atoms with Crippen molar-refractivity contribution in [3.8, 4) is 0 Å². The molecule has 2 fully saturated rings. The Hall–Kier alpha value is -1.69. The molecule has 0 aromatic carbocycles. The molecule has 1 aliphatic heterocycles. The van der Waals surface area contributed by atoms with Gasteiger partial charge in [-0.3, -0.25) is 9.69 Å².